The van der Waals surface area contributed by atoms with Crippen LogP contribution in [0.25, 0.3) is 10.4 Å². The third-order valence-electron chi connectivity index (χ3n) is 5.16. The number of fused-ring (bicyclic) bond motifs is 2. The number of hydrogen-bond donors (Lipinski definition) is 4. The molecule has 6 N–H and O–H groups in total. The Morgan fingerprint density at radius 1 is 1.30 bits per heavy atom. The van der Waals surface area contributed by atoms with Gasteiger partial charge in [-0.25, -0.2) is 4.79 Å². The van der Waals surface area contributed by atoms with Gasteiger partial charge in [-0.05, 0) is 30.0 Å². The molecule has 2 bridgehead atoms. The molecule has 0 saturated carbocycles. The predicted octanol–water partition coefficient (Wildman–Crippen LogP) is 2.07. The minimum atomic E-state index is -0.725. The Labute approximate surface area is 161 Å². The van der Waals surface area contributed by atoms with Crippen molar-refractivity contribution in [2.45, 2.75) is 31.0 Å². The number of carbonyl (C=O) groups excluding carboxylic acids is 2. The summed E-state index contributed by atoms with van der Waals surface area (Å²) in [7, 11) is 0. The molecular weight excluding hydrogens is 364 g/mol. The maximum atomic E-state index is 11.6. The first-order valence-corrected chi connectivity index (χ1v) is 9.74. The molecule has 1 aromatic carbocycles. The molecular formula is C19H22N4O3S. The molecule has 142 valence electrons. The van der Waals surface area contributed by atoms with Crippen molar-refractivity contribution in [3.8, 4) is 10.4 Å². The van der Waals surface area contributed by atoms with Crippen LogP contribution in [0.2, 0.25) is 0 Å². The van der Waals surface area contributed by atoms with E-state index in [1.807, 2.05) is 12.1 Å². The van der Waals surface area contributed by atoms with E-state index >= 15 is 0 Å². The normalized spacial score (nSPS) is 23.9. The number of amides is 3. The summed E-state index contributed by atoms with van der Waals surface area (Å²) in [4.78, 5) is 23.6. The van der Waals surface area contributed by atoms with Crippen molar-refractivity contribution in [1.29, 1.82) is 0 Å². The van der Waals surface area contributed by atoms with Gasteiger partial charge in [0.25, 0.3) is 5.91 Å². The van der Waals surface area contributed by atoms with Gasteiger partial charge in [-0.3, -0.25) is 10.1 Å². The zero-order chi connectivity index (χ0) is 19.0. The number of ether oxygens (including phenoxy) is 1. The molecule has 2 aliphatic heterocycles. The number of primary amides is 2. The van der Waals surface area contributed by atoms with Gasteiger partial charge in [0.1, 0.15) is 5.00 Å². The lowest BCUT2D eigenvalue weighted by atomic mass is 9.91. The topological polar surface area (TPSA) is 119 Å². The minimum Gasteiger partial charge on any atom is -0.369 e. The van der Waals surface area contributed by atoms with Gasteiger partial charge in [0, 0.05) is 24.4 Å². The first-order valence-electron chi connectivity index (χ1n) is 8.92. The van der Waals surface area contributed by atoms with Gasteiger partial charge in [-0.15, -0.1) is 11.3 Å². The molecule has 2 saturated heterocycles. The molecule has 4 rings (SSSR count). The zero-order valence-corrected chi connectivity index (χ0v) is 15.6. The van der Waals surface area contributed by atoms with Gasteiger partial charge in [0.2, 0.25) is 0 Å². The van der Waals surface area contributed by atoms with Crippen molar-refractivity contribution in [3.05, 3.63) is 41.5 Å². The van der Waals surface area contributed by atoms with Crippen LogP contribution in [0.5, 0.6) is 0 Å². The molecule has 2 fully saturated rings. The molecule has 7 nitrogen and oxygen atoms in total. The highest BCUT2D eigenvalue weighted by Crippen LogP contribution is 2.37. The number of urea groups is 1. The Balaban J connectivity index is 1.54. The fraction of sp³-hybridized carbons (Fsp3) is 0.368. The van der Waals surface area contributed by atoms with E-state index in [1.165, 1.54) is 16.9 Å². The number of morpholine rings is 1. The second kappa shape index (κ2) is 6.95. The number of carbonyl (C=O) groups is 2. The van der Waals surface area contributed by atoms with Crippen LogP contribution in [0.1, 0.15) is 28.8 Å². The molecule has 3 heterocycles. The Bertz CT molecular complexity index is 876. The monoisotopic (exact) mass is 386 g/mol. The number of thiophene rings is 1. The minimum absolute atomic E-state index is 0.0922. The third kappa shape index (κ3) is 3.69. The molecule has 3 amide bonds. The summed E-state index contributed by atoms with van der Waals surface area (Å²) >= 11 is 1.27. The second-order valence-electron chi connectivity index (χ2n) is 7.17. The van der Waals surface area contributed by atoms with Crippen molar-refractivity contribution >= 4 is 28.3 Å². The van der Waals surface area contributed by atoms with E-state index < -0.39 is 11.9 Å². The van der Waals surface area contributed by atoms with Gasteiger partial charge in [-0.2, -0.15) is 0 Å². The second-order valence-corrected chi connectivity index (χ2v) is 8.23. The molecule has 2 unspecified atom stereocenters. The van der Waals surface area contributed by atoms with Crippen molar-refractivity contribution in [2.24, 2.45) is 11.5 Å². The summed E-state index contributed by atoms with van der Waals surface area (Å²) in [5.74, 6) is -0.602. The lowest BCUT2D eigenvalue weighted by molar-refractivity contribution is -0.0632. The highest BCUT2D eigenvalue weighted by atomic mass is 32.1. The number of nitrogens with one attached hydrogen (secondary N) is 2. The van der Waals surface area contributed by atoms with Gasteiger partial charge in [0.15, 0.2) is 0 Å². The van der Waals surface area contributed by atoms with Crippen LogP contribution in [0.15, 0.2) is 30.3 Å². The lowest BCUT2D eigenvalue weighted by Crippen LogP contribution is -2.49. The van der Waals surface area contributed by atoms with E-state index in [4.69, 9.17) is 16.2 Å². The van der Waals surface area contributed by atoms with Crippen LogP contribution < -0.4 is 22.1 Å². The molecule has 27 heavy (non-hydrogen) atoms. The Hall–Kier alpha value is -2.42. The first-order chi connectivity index (χ1) is 12.9. The van der Waals surface area contributed by atoms with Gasteiger partial charge in [0.05, 0.1) is 17.3 Å². The Morgan fingerprint density at radius 3 is 2.78 bits per heavy atom. The highest BCUT2D eigenvalue weighted by Gasteiger charge is 2.42. The summed E-state index contributed by atoms with van der Waals surface area (Å²) in [6.45, 7) is 1.84. The van der Waals surface area contributed by atoms with E-state index in [-0.39, 0.29) is 11.2 Å². The summed E-state index contributed by atoms with van der Waals surface area (Å²) in [5, 5.41) is 6.30. The van der Waals surface area contributed by atoms with Gasteiger partial charge >= 0.3 is 6.03 Å². The number of hydrogen-bond acceptors (Lipinski definition) is 5. The van der Waals surface area contributed by atoms with Gasteiger partial charge < -0.3 is 21.5 Å². The SMILES string of the molecule is NC(=O)Nc1sc(-c2ccc(CC34CCC(CNC3)O4)cc2)cc1C(N)=O. The van der Waals surface area contributed by atoms with Crippen LogP contribution in [-0.2, 0) is 11.2 Å². The highest BCUT2D eigenvalue weighted by molar-refractivity contribution is 7.20. The van der Waals surface area contributed by atoms with Crippen molar-refractivity contribution in [1.82, 2.24) is 5.32 Å². The Morgan fingerprint density at radius 2 is 2.07 bits per heavy atom. The summed E-state index contributed by atoms with van der Waals surface area (Å²) < 4.78 is 6.22. The van der Waals surface area contributed by atoms with E-state index in [0.717, 1.165) is 42.8 Å². The summed E-state index contributed by atoms with van der Waals surface area (Å²) in [6.07, 6.45) is 3.42. The van der Waals surface area contributed by atoms with Crippen LogP contribution in [-0.4, -0.2) is 36.7 Å². The molecule has 2 atom stereocenters. The molecule has 0 radical (unpaired) electrons. The van der Waals surface area contributed by atoms with Crippen LogP contribution in [0, 0.1) is 0 Å². The zero-order valence-electron chi connectivity index (χ0n) is 14.8. The van der Waals surface area contributed by atoms with Crippen LogP contribution in [0.3, 0.4) is 0 Å². The van der Waals surface area contributed by atoms with E-state index in [9.17, 15) is 9.59 Å². The quantitative estimate of drug-likeness (QED) is 0.629. The molecule has 2 aromatic rings. The number of rotatable bonds is 5. The molecule has 0 aliphatic carbocycles. The van der Waals surface area contributed by atoms with Gasteiger partial charge in [-0.1, -0.05) is 24.3 Å². The van der Waals surface area contributed by atoms with Crippen molar-refractivity contribution < 1.29 is 14.3 Å². The largest absolute Gasteiger partial charge is 0.369 e. The number of nitrogens with two attached hydrogens (primary N) is 2. The van der Waals surface area contributed by atoms with Crippen LogP contribution in [0.4, 0.5) is 9.80 Å². The number of anilines is 1. The van der Waals surface area contributed by atoms with E-state index in [0.29, 0.717) is 11.1 Å². The Kier molecular flexibility index (Phi) is 4.63. The fourth-order valence-electron chi connectivity index (χ4n) is 3.90. The number of benzene rings is 1. The van der Waals surface area contributed by atoms with E-state index in [1.54, 1.807) is 6.07 Å². The average Bonchev–Trinajstić information content (AvgIpc) is 3.16. The predicted molar refractivity (Wildman–Crippen MR) is 105 cm³/mol. The standard InChI is InChI=1S/C19H22N4O3S/c20-16(24)14-7-15(27-17(14)23-18(21)25)12-3-1-11(2-4-12)8-19-6-5-13(26-19)9-22-10-19/h1-4,7,13,22H,5-6,8-10H2,(H2,20,24)(H3,21,23,25). The summed E-state index contributed by atoms with van der Waals surface area (Å²) in [5.41, 5.74) is 12.9. The lowest BCUT2D eigenvalue weighted by Gasteiger charge is -2.34. The fourth-order valence-corrected chi connectivity index (χ4v) is 4.97. The summed E-state index contributed by atoms with van der Waals surface area (Å²) in [6, 6.07) is 9.15. The maximum Gasteiger partial charge on any atom is 0.317 e. The molecule has 2 aliphatic rings. The average molecular weight is 386 g/mol. The first kappa shape index (κ1) is 18.0. The van der Waals surface area contributed by atoms with Crippen LogP contribution >= 0.6 is 11.3 Å². The smallest absolute Gasteiger partial charge is 0.317 e. The molecule has 1 aromatic heterocycles. The maximum absolute atomic E-state index is 11.6. The molecule has 0 spiro atoms. The van der Waals surface area contributed by atoms with Crippen molar-refractivity contribution in [3.63, 3.8) is 0 Å². The van der Waals surface area contributed by atoms with Crippen molar-refractivity contribution in [2.75, 3.05) is 18.4 Å². The molecule has 8 heteroatoms. The van der Waals surface area contributed by atoms with E-state index in [2.05, 4.69) is 22.8 Å². The third-order valence-corrected chi connectivity index (χ3v) is 6.26.